The van der Waals surface area contributed by atoms with Gasteiger partial charge in [-0.25, -0.2) is 0 Å². The molecule has 3 rings (SSSR count). The van der Waals surface area contributed by atoms with Crippen LogP contribution in [-0.2, 0) is 13.0 Å². The van der Waals surface area contributed by atoms with Crippen molar-refractivity contribution in [2.24, 2.45) is 0 Å². The number of hydrogen-bond acceptors (Lipinski definition) is 4. The molecule has 6 nitrogen and oxygen atoms in total. The van der Waals surface area contributed by atoms with E-state index in [1.54, 1.807) is 35.3 Å². The van der Waals surface area contributed by atoms with E-state index in [4.69, 9.17) is 0 Å². The van der Waals surface area contributed by atoms with Gasteiger partial charge in [-0.2, -0.15) is 5.10 Å². The van der Waals surface area contributed by atoms with E-state index in [-0.39, 0.29) is 11.6 Å². The van der Waals surface area contributed by atoms with Gasteiger partial charge in [0.25, 0.3) is 5.91 Å². The Hall–Kier alpha value is -3.38. The van der Waals surface area contributed by atoms with Crippen molar-refractivity contribution < 1.29 is 10.0 Å². The Labute approximate surface area is 170 Å². The van der Waals surface area contributed by atoms with Crippen molar-refractivity contribution >= 4 is 5.91 Å². The van der Waals surface area contributed by atoms with E-state index in [0.717, 1.165) is 24.0 Å². The highest BCUT2D eigenvalue weighted by Gasteiger charge is 2.17. The van der Waals surface area contributed by atoms with Gasteiger partial charge in [0.2, 0.25) is 0 Å². The lowest BCUT2D eigenvalue weighted by molar-refractivity contribution is 0.0929. The van der Waals surface area contributed by atoms with E-state index in [2.05, 4.69) is 48.2 Å². The number of hydroxylamine groups is 1. The lowest BCUT2D eigenvalue weighted by atomic mass is 10.0. The van der Waals surface area contributed by atoms with Crippen LogP contribution in [0.25, 0.3) is 11.1 Å². The first-order chi connectivity index (χ1) is 14.1. The Morgan fingerprint density at radius 2 is 1.79 bits per heavy atom. The predicted molar refractivity (Wildman–Crippen MR) is 113 cm³/mol. The van der Waals surface area contributed by atoms with Crippen molar-refractivity contribution in [2.45, 2.75) is 32.4 Å². The molecule has 3 N–H and O–H groups in total. The zero-order chi connectivity index (χ0) is 20.6. The quantitative estimate of drug-likeness (QED) is 0.486. The van der Waals surface area contributed by atoms with Crippen LogP contribution in [0.1, 0.15) is 29.3 Å². The zero-order valence-corrected chi connectivity index (χ0v) is 16.5. The summed E-state index contributed by atoms with van der Waals surface area (Å²) >= 11 is 0. The van der Waals surface area contributed by atoms with Gasteiger partial charge in [-0.05, 0) is 41.3 Å². The topological polar surface area (TPSA) is 79.2 Å². The molecule has 1 aromatic heterocycles. The van der Waals surface area contributed by atoms with Gasteiger partial charge in [-0.1, -0.05) is 56.3 Å². The number of aryl methyl sites for hydroxylation is 1. The van der Waals surface area contributed by atoms with Gasteiger partial charge in [-0.15, -0.1) is 0 Å². The standard InChI is InChI=1S/C23H26N4O2/c1-3-5-18-6-8-19(9-7-18)20-10-12-21(13-11-20)23(28)25-22(17(2)26-29)16-27-15-4-14-24-27/h4,6-15,22,26,29H,2-3,5,16H2,1H3,(H,25,28)/t22-/m0/s1. The molecule has 6 heteroatoms. The van der Waals surface area contributed by atoms with Crippen LogP contribution in [0.4, 0.5) is 0 Å². The Morgan fingerprint density at radius 3 is 2.34 bits per heavy atom. The number of carbonyl (C=O) groups excluding carboxylic acids is 1. The minimum Gasteiger partial charge on any atom is -0.342 e. The third-order valence-corrected chi connectivity index (χ3v) is 4.77. The van der Waals surface area contributed by atoms with Crippen molar-refractivity contribution in [3.8, 4) is 11.1 Å². The normalized spacial score (nSPS) is 11.7. The fourth-order valence-electron chi connectivity index (χ4n) is 3.12. The molecule has 0 aliphatic rings. The number of nitrogens with one attached hydrogen (secondary N) is 2. The van der Waals surface area contributed by atoms with Gasteiger partial charge in [0, 0.05) is 18.0 Å². The number of benzene rings is 2. The summed E-state index contributed by atoms with van der Waals surface area (Å²) in [6.07, 6.45) is 5.64. The van der Waals surface area contributed by atoms with Gasteiger partial charge in [-0.3, -0.25) is 20.2 Å². The van der Waals surface area contributed by atoms with Crippen molar-refractivity contribution in [2.75, 3.05) is 0 Å². The summed E-state index contributed by atoms with van der Waals surface area (Å²) in [6, 6.07) is 17.2. The summed E-state index contributed by atoms with van der Waals surface area (Å²) in [5, 5.41) is 16.2. The van der Waals surface area contributed by atoms with Crippen molar-refractivity contribution in [1.82, 2.24) is 20.6 Å². The van der Waals surface area contributed by atoms with Crippen LogP contribution in [0.3, 0.4) is 0 Å². The molecule has 0 saturated carbocycles. The molecular formula is C23H26N4O2. The molecule has 1 amide bonds. The lowest BCUT2D eigenvalue weighted by Crippen LogP contribution is -2.42. The third kappa shape index (κ3) is 5.33. The molecule has 0 fully saturated rings. The van der Waals surface area contributed by atoms with E-state index in [1.165, 1.54) is 5.56 Å². The highest BCUT2D eigenvalue weighted by Crippen LogP contribution is 2.21. The number of aromatic nitrogens is 2. The molecule has 29 heavy (non-hydrogen) atoms. The Balaban J connectivity index is 1.69. The van der Waals surface area contributed by atoms with E-state index < -0.39 is 6.04 Å². The molecule has 0 unspecified atom stereocenters. The first kappa shape index (κ1) is 20.4. The van der Waals surface area contributed by atoms with Crippen LogP contribution in [0.5, 0.6) is 0 Å². The van der Waals surface area contributed by atoms with Crippen LogP contribution in [0.2, 0.25) is 0 Å². The van der Waals surface area contributed by atoms with E-state index in [1.807, 2.05) is 17.6 Å². The van der Waals surface area contributed by atoms with Crippen LogP contribution < -0.4 is 10.8 Å². The van der Waals surface area contributed by atoms with Crippen LogP contribution in [-0.4, -0.2) is 26.9 Å². The maximum atomic E-state index is 12.7. The molecule has 0 radical (unpaired) electrons. The summed E-state index contributed by atoms with van der Waals surface area (Å²) < 4.78 is 1.67. The summed E-state index contributed by atoms with van der Waals surface area (Å²) in [5.41, 5.74) is 6.35. The van der Waals surface area contributed by atoms with Crippen LogP contribution in [0, 0.1) is 0 Å². The minimum absolute atomic E-state index is 0.247. The van der Waals surface area contributed by atoms with Crippen LogP contribution in [0.15, 0.2) is 79.3 Å². The molecular weight excluding hydrogens is 364 g/mol. The fraction of sp³-hybridized carbons (Fsp3) is 0.217. The van der Waals surface area contributed by atoms with Gasteiger partial charge in [0.1, 0.15) is 0 Å². The number of nitrogens with zero attached hydrogens (tertiary/aromatic N) is 2. The van der Waals surface area contributed by atoms with Gasteiger partial charge in [0.05, 0.1) is 18.3 Å². The average Bonchev–Trinajstić information content (AvgIpc) is 3.27. The second-order valence-electron chi connectivity index (χ2n) is 6.92. The Bertz CT molecular complexity index is 932. The molecule has 0 spiro atoms. The number of hydrogen-bond donors (Lipinski definition) is 3. The van der Waals surface area contributed by atoms with E-state index >= 15 is 0 Å². The average molecular weight is 390 g/mol. The van der Waals surface area contributed by atoms with Gasteiger partial charge < -0.3 is 5.32 Å². The maximum Gasteiger partial charge on any atom is 0.251 e. The Morgan fingerprint density at radius 1 is 1.14 bits per heavy atom. The summed E-state index contributed by atoms with van der Waals surface area (Å²) in [6.45, 7) is 6.28. The summed E-state index contributed by atoms with van der Waals surface area (Å²) in [7, 11) is 0. The number of carbonyl (C=O) groups is 1. The van der Waals surface area contributed by atoms with Crippen LogP contribution >= 0.6 is 0 Å². The smallest absolute Gasteiger partial charge is 0.251 e. The number of amides is 1. The first-order valence-corrected chi connectivity index (χ1v) is 9.67. The monoisotopic (exact) mass is 390 g/mol. The molecule has 2 aromatic carbocycles. The summed E-state index contributed by atoms with van der Waals surface area (Å²) in [4.78, 5) is 12.7. The molecule has 0 bridgehead atoms. The molecule has 1 heterocycles. The fourth-order valence-corrected chi connectivity index (χ4v) is 3.12. The minimum atomic E-state index is -0.516. The molecule has 0 saturated heterocycles. The molecule has 3 aromatic rings. The second-order valence-corrected chi connectivity index (χ2v) is 6.92. The zero-order valence-electron chi connectivity index (χ0n) is 16.5. The van der Waals surface area contributed by atoms with E-state index in [9.17, 15) is 10.0 Å². The molecule has 0 aliphatic carbocycles. The van der Waals surface area contributed by atoms with Crippen molar-refractivity contribution in [3.05, 3.63) is 90.4 Å². The summed E-state index contributed by atoms with van der Waals surface area (Å²) in [5.74, 6) is -0.247. The molecule has 0 aliphatic heterocycles. The number of rotatable bonds is 9. The van der Waals surface area contributed by atoms with Crippen molar-refractivity contribution in [1.29, 1.82) is 0 Å². The third-order valence-electron chi connectivity index (χ3n) is 4.77. The largest absolute Gasteiger partial charge is 0.342 e. The lowest BCUT2D eigenvalue weighted by Gasteiger charge is -2.20. The van der Waals surface area contributed by atoms with E-state index in [0.29, 0.717) is 12.1 Å². The van der Waals surface area contributed by atoms with Gasteiger partial charge >= 0.3 is 0 Å². The van der Waals surface area contributed by atoms with Crippen molar-refractivity contribution in [3.63, 3.8) is 0 Å². The highest BCUT2D eigenvalue weighted by atomic mass is 16.5. The molecule has 150 valence electrons. The second kappa shape index (κ2) is 9.71. The predicted octanol–water partition coefficient (Wildman–Crippen LogP) is 3.79. The Kier molecular flexibility index (Phi) is 6.81. The van der Waals surface area contributed by atoms with Gasteiger partial charge in [0.15, 0.2) is 0 Å². The SMILES string of the molecule is C=C(NO)[C@H](Cn1cccn1)NC(=O)c1ccc(-c2ccc(CCC)cc2)cc1. The highest BCUT2D eigenvalue weighted by molar-refractivity contribution is 5.95. The first-order valence-electron chi connectivity index (χ1n) is 9.67. The molecule has 1 atom stereocenters. The maximum absolute atomic E-state index is 12.7.